The van der Waals surface area contributed by atoms with Crippen LogP contribution in [0.15, 0.2) is 24.3 Å². The molecule has 0 aromatic heterocycles. The van der Waals surface area contributed by atoms with Gasteiger partial charge in [0, 0.05) is 32.4 Å². The van der Waals surface area contributed by atoms with Crippen LogP contribution in [0.5, 0.6) is 0 Å². The van der Waals surface area contributed by atoms with Crippen molar-refractivity contribution in [2.45, 2.75) is 25.5 Å². The SMILES string of the molecule is CCC(NCCO)C(O)c1ccc(N(C)C)cc1. The molecule has 2 atom stereocenters. The van der Waals surface area contributed by atoms with Crippen LogP contribution in [0.2, 0.25) is 0 Å². The molecule has 0 amide bonds. The van der Waals surface area contributed by atoms with E-state index in [-0.39, 0.29) is 12.6 Å². The normalized spacial score (nSPS) is 14.3. The van der Waals surface area contributed by atoms with E-state index < -0.39 is 6.10 Å². The molecule has 4 nitrogen and oxygen atoms in total. The first-order valence-corrected chi connectivity index (χ1v) is 6.39. The quantitative estimate of drug-likeness (QED) is 0.681. The lowest BCUT2D eigenvalue weighted by molar-refractivity contribution is 0.122. The van der Waals surface area contributed by atoms with E-state index in [1.54, 1.807) is 0 Å². The van der Waals surface area contributed by atoms with Gasteiger partial charge in [0.15, 0.2) is 0 Å². The fourth-order valence-corrected chi connectivity index (χ4v) is 1.93. The zero-order valence-corrected chi connectivity index (χ0v) is 11.4. The molecule has 1 rings (SSSR count). The van der Waals surface area contributed by atoms with Gasteiger partial charge in [0.05, 0.1) is 12.7 Å². The predicted octanol–water partition coefficient (Wildman–Crippen LogP) is 1.15. The summed E-state index contributed by atoms with van der Waals surface area (Å²) in [7, 11) is 3.98. The molecule has 1 aromatic carbocycles. The van der Waals surface area contributed by atoms with Crippen LogP contribution >= 0.6 is 0 Å². The number of aliphatic hydroxyl groups excluding tert-OH is 2. The fourth-order valence-electron chi connectivity index (χ4n) is 1.93. The molecule has 0 bridgehead atoms. The van der Waals surface area contributed by atoms with Crippen molar-refractivity contribution in [2.75, 3.05) is 32.1 Å². The second-order valence-corrected chi connectivity index (χ2v) is 4.62. The fraction of sp³-hybridized carbons (Fsp3) is 0.571. The summed E-state index contributed by atoms with van der Waals surface area (Å²) >= 11 is 0. The molecule has 0 saturated carbocycles. The number of hydrogen-bond acceptors (Lipinski definition) is 4. The highest BCUT2D eigenvalue weighted by Gasteiger charge is 2.18. The van der Waals surface area contributed by atoms with Gasteiger partial charge in [-0.3, -0.25) is 0 Å². The molecule has 102 valence electrons. The van der Waals surface area contributed by atoms with Crippen molar-refractivity contribution in [3.05, 3.63) is 29.8 Å². The van der Waals surface area contributed by atoms with Crippen LogP contribution < -0.4 is 10.2 Å². The van der Waals surface area contributed by atoms with Gasteiger partial charge in [0.25, 0.3) is 0 Å². The molecule has 0 radical (unpaired) electrons. The standard InChI is InChI=1S/C14H24N2O2/c1-4-13(15-9-10-17)14(18)11-5-7-12(8-6-11)16(2)3/h5-8,13-15,17-18H,4,9-10H2,1-3H3. The number of rotatable bonds is 7. The van der Waals surface area contributed by atoms with Crippen molar-refractivity contribution >= 4 is 5.69 Å². The van der Waals surface area contributed by atoms with Crippen LogP contribution in [0.3, 0.4) is 0 Å². The number of benzene rings is 1. The third-order valence-electron chi connectivity index (χ3n) is 3.09. The molecule has 0 aliphatic carbocycles. The highest BCUT2D eigenvalue weighted by atomic mass is 16.3. The van der Waals surface area contributed by atoms with Crippen LogP contribution in [-0.2, 0) is 0 Å². The summed E-state index contributed by atoms with van der Waals surface area (Å²) in [6.07, 6.45) is 0.272. The van der Waals surface area contributed by atoms with Crippen LogP contribution in [0, 0.1) is 0 Å². The molecule has 0 saturated heterocycles. The Hall–Kier alpha value is -1.10. The Kier molecular flexibility index (Phi) is 6.12. The monoisotopic (exact) mass is 252 g/mol. The van der Waals surface area contributed by atoms with Gasteiger partial charge in [-0.15, -0.1) is 0 Å². The summed E-state index contributed by atoms with van der Waals surface area (Å²) < 4.78 is 0. The Morgan fingerprint density at radius 3 is 2.28 bits per heavy atom. The first-order chi connectivity index (χ1) is 8.60. The van der Waals surface area contributed by atoms with Crippen LogP contribution in [-0.4, -0.2) is 43.5 Å². The Morgan fingerprint density at radius 1 is 1.22 bits per heavy atom. The number of anilines is 1. The summed E-state index contributed by atoms with van der Waals surface area (Å²) in [5.74, 6) is 0. The third kappa shape index (κ3) is 3.98. The molecule has 18 heavy (non-hydrogen) atoms. The van der Waals surface area contributed by atoms with Crippen molar-refractivity contribution in [1.29, 1.82) is 0 Å². The second kappa shape index (κ2) is 7.36. The van der Waals surface area contributed by atoms with Gasteiger partial charge in [0.2, 0.25) is 0 Å². The van der Waals surface area contributed by atoms with Gasteiger partial charge < -0.3 is 20.4 Å². The van der Waals surface area contributed by atoms with Crippen molar-refractivity contribution < 1.29 is 10.2 Å². The first kappa shape index (κ1) is 15.0. The van der Waals surface area contributed by atoms with E-state index >= 15 is 0 Å². The number of aliphatic hydroxyl groups is 2. The van der Waals surface area contributed by atoms with Gasteiger partial charge in [-0.2, -0.15) is 0 Å². The van der Waals surface area contributed by atoms with Gasteiger partial charge in [-0.25, -0.2) is 0 Å². The Bertz CT molecular complexity index is 338. The summed E-state index contributed by atoms with van der Waals surface area (Å²) in [6, 6.07) is 7.86. The Morgan fingerprint density at radius 2 is 1.83 bits per heavy atom. The van der Waals surface area contributed by atoms with Crippen LogP contribution in [0.25, 0.3) is 0 Å². The lowest BCUT2D eigenvalue weighted by atomic mass is 10.00. The molecule has 2 unspecified atom stereocenters. The minimum absolute atomic E-state index is 0.0256. The van der Waals surface area contributed by atoms with E-state index in [0.717, 1.165) is 17.7 Å². The smallest absolute Gasteiger partial charge is 0.0942 e. The molecule has 0 fully saturated rings. The topological polar surface area (TPSA) is 55.7 Å². The lowest BCUT2D eigenvalue weighted by Gasteiger charge is -2.23. The van der Waals surface area contributed by atoms with E-state index in [1.807, 2.05) is 50.2 Å². The minimum Gasteiger partial charge on any atom is -0.395 e. The average Bonchev–Trinajstić information content (AvgIpc) is 2.39. The molecule has 4 heteroatoms. The van der Waals surface area contributed by atoms with Crippen molar-refractivity contribution in [2.24, 2.45) is 0 Å². The molecular formula is C14H24N2O2. The van der Waals surface area contributed by atoms with E-state index in [9.17, 15) is 5.11 Å². The Balaban J connectivity index is 2.72. The van der Waals surface area contributed by atoms with Crippen molar-refractivity contribution in [1.82, 2.24) is 5.32 Å². The van der Waals surface area contributed by atoms with Crippen LogP contribution in [0.4, 0.5) is 5.69 Å². The summed E-state index contributed by atoms with van der Waals surface area (Å²) in [5, 5.41) is 22.2. The maximum Gasteiger partial charge on any atom is 0.0942 e. The summed E-state index contributed by atoms with van der Waals surface area (Å²) in [4.78, 5) is 2.03. The first-order valence-electron chi connectivity index (χ1n) is 6.39. The zero-order valence-electron chi connectivity index (χ0n) is 11.4. The van der Waals surface area contributed by atoms with E-state index in [0.29, 0.717) is 6.54 Å². The van der Waals surface area contributed by atoms with Gasteiger partial charge >= 0.3 is 0 Å². The number of nitrogens with zero attached hydrogens (tertiary/aromatic N) is 1. The van der Waals surface area contributed by atoms with Gasteiger partial charge in [0.1, 0.15) is 0 Å². The van der Waals surface area contributed by atoms with E-state index in [1.165, 1.54) is 0 Å². The van der Waals surface area contributed by atoms with Crippen molar-refractivity contribution in [3.63, 3.8) is 0 Å². The maximum atomic E-state index is 10.3. The molecule has 0 aliphatic heterocycles. The highest BCUT2D eigenvalue weighted by molar-refractivity contribution is 5.46. The maximum absolute atomic E-state index is 10.3. The Labute approximate surface area is 109 Å². The molecule has 0 heterocycles. The largest absolute Gasteiger partial charge is 0.395 e. The average molecular weight is 252 g/mol. The highest BCUT2D eigenvalue weighted by Crippen LogP contribution is 2.21. The second-order valence-electron chi connectivity index (χ2n) is 4.62. The number of hydrogen-bond donors (Lipinski definition) is 3. The molecular weight excluding hydrogens is 228 g/mol. The van der Waals surface area contributed by atoms with E-state index in [4.69, 9.17) is 5.11 Å². The molecule has 0 spiro atoms. The molecule has 1 aromatic rings. The van der Waals surface area contributed by atoms with Gasteiger partial charge in [-0.05, 0) is 24.1 Å². The molecule has 3 N–H and O–H groups in total. The lowest BCUT2D eigenvalue weighted by Crippen LogP contribution is -2.36. The molecule has 0 aliphatic rings. The minimum atomic E-state index is -0.544. The van der Waals surface area contributed by atoms with Crippen molar-refractivity contribution in [3.8, 4) is 0 Å². The van der Waals surface area contributed by atoms with Crippen LogP contribution in [0.1, 0.15) is 25.0 Å². The van der Waals surface area contributed by atoms with E-state index in [2.05, 4.69) is 5.32 Å². The third-order valence-corrected chi connectivity index (χ3v) is 3.09. The van der Waals surface area contributed by atoms with Gasteiger partial charge in [-0.1, -0.05) is 19.1 Å². The predicted molar refractivity (Wildman–Crippen MR) is 74.9 cm³/mol. The number of nitrogens with one attached hydrogen (secondary N) is 1. The summed E-state index contributed by atoms with van der Waals surface area (Å²) in [5.41, 5.74) is 2.01. The summed E-state index contributed by atoms with van der Waals surface area (Å²) in [6.45, 7) is 2.61. The zero-order chi connectivity index (χ0) is 13.5.